The highest BCUT2D eigenvalue weighted by Gasteiger charge is 2.24. The van der Waals surface area contributed by atoms with Crippen molar-refractivity contribution in [2.24, 2.45) is 0 Å². The number of carbonyl (C=O) groups is 2. The van der Waals surface area contributed by atoms with E-state index in [4.69, 9.17) is 27.9 Å². The lowest BCUT2D eigenvalue weighted by molar-refractivity contribution is -0.885. The molecule has 8 heteroatoms. The van der Waals surface area contributed by atoms with Crippen molar-refractivity contribution in [1.29, 1.82) is 0 Å². The van der Waals surface area contributed by atoms with E-state index in [9.17, 15) is 9.59 Å². The zero-order valence-corrected chi connectivity index (χ0v) is 16.8. The van der Waals surface area contributed by atoms with Gasteiger partial charge in [-0.15, -0.1) is 0 Å². The van der Waals surface area contributed by atoms with E-state index in [0.717, 1.165) is 4.90 Å². The van der Waals surface area contributed by atoms with E-state index >= 15 is 0 Å². The van der Waals surface area contributed by atoms with Gasteiger partial charge in [-0.1, -0.05) is 23.2 Å². The van der Waals surface area contributed by atoms with Gasteiger partial charge in [-0.25, -0.2) is 0 Å². The Morgan fingerprint density at radius 1 is 1.07 bits per heavy atom. The minimum atomic E-state index is -0.437. The van der Waals surface area contributed by atoms with Crippen LogP contribution in [0.15, 0.2) is 42.5 Å². The van der Waals surface area contributed by atoms with E-state index in [2.05, 4.69) is 10.6 Å². The lowest BCUT2D eigenvalue weighted by Gasteiger charge is -2.21. The monoisotopic (exact) mass is 410 g/mol. The minimum absolute atomic E-state index is 0.102. The molecule has 0 fully saturated rings. The van der Waals surface area contributed by atoms with E-state index in [1.165, 1.54) is 7.11 Å². The fraction of sp³-hybridized carbons (Fsp3) is 0.263. The van der Waals surface area contributed by atoms with Crippen molar-refractivity contribution in [3.63, 3.8) is 0 Å². The van der Waals surface area contributed by atoms with E-state index in [-0.39, 0.29) is 18.4 Å². The van der Waals surface area contributed by atoms with Gasteiger partial charge in [-0.2, -0.15) is 0 Å². The van der Waals surface area contributed by atoms with Crippen LogP contribution in [0.5, 0.6) is 5.75 Å². The first kappa shape index (κ1) is 21.0. The van der Waals surface area contributed by atoms with Crippen LogP contribution in [-0.4, -0.2) is 38.6 Å². The third-order valence-corrected chi connectivity index (χ3v) is 4.61. The number of rotatable bonds is 7. The molecule has 2 aromatic rings. The van der Waals surface area contributed by atoms with Crippen molar-refractivity contribution in [1.82, 2.24) is 0 Å². The summed E-state index contributed by atoms with van der Waals surface area (Å²) in [5.74, 6) is 0.0705. The maximum atomic E-state index is 12.4. The minimum Gasteiger partial charge on any atom is -0.495 e. The summed E-state index contributed by atoms with van der Waals surface area (Å²) in [6, 6.07) is 11.4. The van der Waals surface area contributed by atoms with Gasteiger partial charge < -0.3 is 20.3 Å². The van der Waals surface area contributed by atoms with E-state index < -0.39 is 6.04 Å². The molecule has 0 heterocycles. The predicted molar refractivity (Wildman–Crippen MR) is 108 cm³/mol. The Morgan fingerprint density at radius 2 is 1.70 bits per heavy atom. The molecule has 2 atom stereocenters. The number of likely N-dealkylation sites (N-methyl/N-ethyl adjacent to an activating group) is 1. The lowest BCUT2D eigenvalue weighted by atomic mass is 10.2. The van der Waals surface area contributed by atoms with Crippen molar-refractivity contribution >= 4 is 46.4 Å². The molecule has 1 unspecified atom stereocenters. The molecule has 2 amide bonds. The molecule has 0 saturated heterocycles. The number of carbonyl (C=O) groups excluding carboxylic acids is 2. The fourth-order valence-corrected chi connectivity index (χ4v) is 2.68. The Kier molecular flexibility index (Phi) is 7.47. The number of hydrogen-bond acceptors (Lipinski definition) is 3. The Labute approximate surface area is 168 Å². The summed E-state index contributed by atoms with van der Waals surface area (Å²) in [5, 5.41) is 6.66. The number of quaternary nitrogens is 1. The Hall–Kier alpha value is -2.28. The number of methoxy groups -OCH3 is 1. The summed E-state index contributed by atoms with van der Waals surface area (Å²) in [6.07, 6.45) is 0. The van der Waals surface area contributed by atoms with Gasteiger partial charge in [-0.3, -0.25) is 9.59 Å². The van der Waals surface area contributed by atoms with Gasteiger partial charge in [0.2, 0.25) is 0 Å². The highest BCUT2D eigenvalue weighted by atomic mass is 35.5. The number of ether oxygens (including phenoxy) is 1. The zero-order valence-electron chi connectivity index (χ0n) is 15.3. The number of amides is 2. The molecule has 2 aromatic carbocycles. The van der Waals surface area contributed by atoms with Gasteiger partial charge in [0, 0.05) is 15.7 Å². The molecule has 0 aromatic heterocycles. The van der Waals surface area contributed by atoms with Gasteiger partial charge in [-0.05, 0) is 49.4 Å². The second-order valence-electron chi connectivity index (χ2n) is 6.13. The number of hydrogen-bond donors (Lipinski definition) is 3. The molecule has 2 rings (SSSR count). The third-order valence-electron chi connectivity index (χ3n) is 4.12. The smallest absolute Gasteiger partial charge is 0.282 e. The molecule has 0 bridgehead atoms. The van der Waals surface area contributed by atoms with E-state index in [0.29, 0.717) is 27.2 Å². The number of nitrogens with one attached hydrogen (secondary N) is 3. The summed E-state index contributed by atoms with van der Waals surface area (Å²) in [4.78, 5) is 25.5. The van der Waals surface area contributed by atoms with Crippen molar-refractivity contribution < 1.29 is 19.2 Å². The second-order valence-corrected chi connectivity index (χ2v) is 7.01. The van der Waals surface area contributed by atoms with Crippen molar-refractivity contribution in [3.8, 4) is 5.75 Å². The Balaban J connectivity index is 1.94. The van der Waals surface area contributed by atoms with Crippen molar-refractivity contribution in [2.45, 2.75) is 13.0 Å². The summed E-state index contributed by atoms with van der Waals surface area (Å²) < 4.78 is 5.21. The van der Waals surface area contributed by atoms with Gasteiger partial charge in [0.1, 0.15) is 5.75 Å². The van der Waals surface area contributed by atoms with Crippen LogP contribution < -0.4 is 20.3 Å². The first-order valence-electron chi connectivity index (χ1n) is 8.32. The molecule has 6 nitrogen and oxygen atoms in total. The average molecular weight is 411 g/mol. The quantitative estimate of drug-likeness (QED) is 0.656. The third kappa shape index (κ3) is 6.13. The summed E-state index contributed by atoms with van der Waals surface area (Å²) >= 11 is 11.8. The Morgan fingerprint density at radius 3 is 2.33 bits per heavy atom. The maximum absolute atomic E-state index is 12.4. The largest absolute Gasteiger partial charge is 0.495 e. The van der Waals surface area contributed by atoms with Crippen LogP contribution in [0.2, 0.25) is 10.0 Å². The Bertz CT molecular complexity index is 812. The molecule has 0 saturated carbocycles. The van der Waals surface area contributed by atoms with Crippen LogP contribution in [0.4, 0.5) is 11.4 Å². The average Bonchev–Trinajstić information content (AvgIpc) is 2.63. The highest BCUT2D eigenvalue weighted by Crippen LogP contribution is 2.27. The maximum Gasteiger partial charge on any atom is 0.282 e. The number of benzene rings is 2. The van der Waals surface area contributed by atoms with Gasteiger partial charge in [0.15, 0.2) is 12.6 Å². The molecule has 0 radical (unpaired) electrons. The SMILES string of the molecule is COc1ccc(Cl)cc1NC(=O)C[NH+](C)[C@@H](C)C(=O)Nc1ccc(Cl)cc1. The lowest BCUT2D eigenvalue weighted by Crippen LogP contribution is -3.14. The van der Waals surface area contributed by atoms with Crippen molar-refractivity contribution in [3.05, 3.63) is 52.5 Å². The first-order valence-corrected chi connectivity index (χ1v) is 9.08. The van der Waals surface area contributed by atoms with Crippen LogP contribution in [0, 0.1) is 0 Å². The molecule has 0 spiro atoms. The standard InChI is InChI=1S/C19H21Cl2N3O3/c1-12(19(26)22-15-7-4-13(20)5-8-15)24(2)11-18(25)23-16-10-14(21)6-9-17(16)27-3/h4-10,12H,11H2,1-3H3,(H,22,26)(H,23,25)/p+1/t12-/m0/s1. The molecule has 3 N–H and O–H groups in total. The number of anilines is 2. The van der Waals surface area contributed by atoms with Crippen LogP contribution in [0.3, 0.4) is 0 Å². The van der Waals surface area contributed by atoms with Gasteiger partial charge >= 0.3 is 0 Å². The summed E-state index contributed by atoms with van der Waals surface area (Å²) in [7, 11) is 3.29. The number of halogens is 2. The molecule has 0 aliphatic heterocycles. The van der Waals surface area contributed by atoms with Crippen molar-refractivity contribution in [2.75, 3.05) is 31.3 Å². The van der Waals surface area contributed by atoms with Gasteiger partial charge in [0.25, 0.3) is 11.8 Å². The predicted octanol–water partition coefficient (Wildman–Crippen LogP) is 2.48. The molecule has 0 aliphatic carbocycles. The summed E-state index contributed by atoms with van der Waals surface area (Å²) in [6.45, 7) is 1.86. The van der Waals surface area contributed by atoms with Crippen LogP contribution in [-0.2, 0) is 9.59 Å². The van der Waals surface area contributed by atoms with E-state index in [1.54, 1.807) is 56.4 Å². The first-order chi connectivity index (χ1) is 12.8. The van der Waals surface area contributed by atoms with Crippen LogP contribution in [0.1, 0.15) is 6.92 Å². The zero-order chi connectivity index (χ0) is 20.0. The fourth-order valence-electron chi connectivity index (χ4n) is 2.39. The second kappa shape index (κ2) is 9.60. The van der Waals surface area contributed by atoms with Gasteiger partial charge in [0.05, 0.1) is 19.8 Å². The van der Waals surface area contributed by atoms with Crippen LogP contribution >= 0.6 is 23.2 Å². The van der Waals surface area contributed by atoms with E-state index in [1.807, 2.05) is 0 Å². The molecular formula is C19H22Cl2N3O3+. The molecule has 0 aliphatic rings. The molecular weight excluding hydrogens is 389 g/mol. The summed E-state index contributed by atoms with van der Waals surface area (Å²) in [5.41, 5.74) is 1.14. The van der Waals surface area contributed by atoms with Crippen LogP contribution in [0.25, 0.3) is 0 Å². The highest BCUT2D eigenvalue weighted by molar-refractivity contribution is 6.31. The molecule has 27 heavy (non-hydrogen) atoms. The topological polar surface area (TPSA) is 71.9 Å². The molecule has 144 valence electrons. The normalized spacial score (nSPS) is 12.8.